The predicted octanol–water partition coefficient (Wildman–Crippen LogP) is 3.51. The summed E-state index contributed by atoms with van der Waals surface area (Å²) in [5, 5.41) is 7.58. The molecule has 1 aliphatic heterocycles. The van der Waals surface area contributed by atoms with Crippen LogP contribution < -0.4 is 10.6 Å². The highest BCUT2D eigenvalue weighted by Gasteiger charge is 2.20. The van der Waals surface area contributed by atoms with Gasteiger partial charge in [0.15, 0.2) is 5.96 Å². The molecule has 2 unspecified atom stereocenters. The fourth-order valence-corrected chi connectivity index (χ4v) is 4.49. The number of nitrogens with zero attached hydrogens (tertiary/aromatic N) is 3. The van der Waals surface area contributed by atoms with Gasteiger partial charge >= 0.3 is 5.97 Å². The maximum absolute atomic E-state index is 12.0. The number of aliphatic imine (C=N–C) groups is 1. The SMILES string of the molecule is CCNC(=NCCCN1CCCCC1C)NC(C)c1nc(C)c(C(=O)OCC)s1. The van der Waals surface area contributed by atoms with E-state index in [2.05, 4.69) is 34.4 Å². The molecule has 1 aromatic heterocycles. The Labute approximate surface area is 179 Å². The number of hydrogen-bond donors (Lipinski definition) is 2. The smallest absolute Gasteiger partial charge is 0.350 e. The van der Waals surface area contributed by atoms with E-state index in [1.54, 1.807) is 0 Å². The van der Waals surface area contributed by atoms with Crippen LogP contribution in [0.5, 0.6) is 0 Å². The Morgan fingerprint density at radius 3 is 2.90 bits per heavy atom. The fourth-order valence-electron chi connectivity index (χ4n) is 3.53. The predicted molar refractivity (Wildman–Crippen MR) is 120 cm³/mol. The summed E-state index contributed by atoms with van der Waals surface area (Å²) in [5.41, 5.74) is 0.717. The van der Waals surface area contributed by atoms with Gasteiger partial charge in [-0.2, -0.15) is 0 Å². The summed E-state index contributed by atoms with van der Waals surface area (Å²) < 4.78 is 5.12. The molecule has 1 aromatic rings. The van der Waals surface area contributed by atoms with E-state index in [1.807, 2.05) is 20.8 Å². The third kappa shape index (κ3) is 7.26. The van der Waals surface area contributed by atoms with Crippen molar-refractivity contribution in [2.75, 3.05) is 32.8 Å². The van der Waals surface area contributed by atoms with Crippen molar-refractivity contribution >= 4 is 23.3 Å². The average Bonchev–Trinajstić information content (AvgIpc) is 3.08. The number of carbonyl (C=O) groups is 1. The Kier molecular flexibility index (Phi) is 9.87. The van der Waals surface area contributed by atoms with E-state index >= 15 is 0 Å². The van der Waals surface area contributed by atoms with Crippen LogP contribution in [0.2, 0.25) is 0 Å². The van der Waals surface area contributed by atoms with Crippen LogP contribution in [0, 0.1) is 6.92 Å². The molecule has 0 saturated carbocycles. The molecule has 2 heterocycles. The van der Waals surface area contributed by atoms with Crippen LogP contribution in [0.1, 0.15) is 79.8 Å². The highest BCUT2D eigenvalue weighted by molar-refractivity contribution is 7.13. The van der Waals surface area contributed by atoms with Crippen LogP contribution in [0.25, 0.3) is 0 Å². The van der Waals surface area contributed by atoms with Gasteiger partial charge in [0, 0.05) is 25.7 Å². The lowest BCUT2D eigenvalue weighted by Crippen LogP contribution is -2.39. The summed E-state index contributed by atoms with van der Waals surface area (Å²) in [4.78, 5) is 24.5. The number of carbonyl (C=O) groups excluding carboxylic acids is 1. The lowest BCUT2D eigenvalue weighted by Gasteiger charge is -2.33. The number of aromatic nitrogens is 1. The van der Waals surface area contributed by atoms with Crippen LogP contribution in [0.15, 0.2) is 4.99 Å². The molecule has 0 aromatic carbocycles. The molecule has 0 aliphatic carbocycles. The Balaban J connectivity index is 1.90. The van der Waals surface area contributed by atoms with Crippen molar-refractivity contribution in [3.05, 3.63) is 15.6 Å². The molecule has 7 nitrogen and oxygen atoms in total. The first-order valence-electron chi connectivity index (χ1n) is 10.9. The summed E-state index contributed by atoms with van der Waals surface area (Å²) in [6.45, 7) is 14.4. The van der Waals surface area contributed by atoms with Crippen molar-refractivity contribution in [1.82, 2.24) is 20.5 Å². The number of rotatable bonds is 9. The van der Waals surface area contributed by atoms with Crippen molar-refractivity contribution in [1.29, 1.82) is 0 Å². The summed E-state index contributed by atoms with van der Waals surface area (Å²) in [6, 6.07) is 0.655. The highest BCUT2D eigenvalue weighted by Crippen LogP contribution is 2.24. The van der Waals surface area contributed by atoms with Crippen LogP contribution in [-0.4, -0.2) is 60.6 Å². The highest BCUT2D eigenvalue weighted by atomic mass is 32.1. The van der Waals surface area contributed by atoms with Crippen molar-refractivity contribution in [3.63, 3.8) is 0 Å². The lowest BCUT2D eigenvalue weighted by atomic mass is 10.0. The molecule has 1 saturated heterocycles. The molecule has 29 heavy (non-hydrogen) atoms. The van der Waals surface area contributed by atoms with Crippen LogP contribution >= 0.6 is 11.3 Å². The summed E-state index contributed by atoms with van der Waals surface area (Å²) in [5.74, 6) is 0.491. The summed E-state index contributed by atoms with van der Waals surface area (Å²) in [6.07, 6.45) is 5.04. The van der Waals surface area contributed by atoms with Crippen molar-refractivity contribution < 1.29 is 9.53 Å². The molecule has 8 heteroatoms. The Hall–Kier alpha value is -1.67. The molecule has 0 radical (unpaired) electrons. The molecule has 1 aliphatic rings. The van der Waals surface area contributed by atoms with Gasteiger partial charge < -0.3 is 20.3 Å². The van der Waals surface area contributed by atoms with Gasteiger partial charge in [-0.05, 0) is 60.4 Å². The standard InChI is InChI=1S/C21H37N5O2S/c1-6-22-21(23-12-10-14-26-13-9-8-11-15(26)3)25-17(5)19-24-16(4)18(29-19)20(27)28-7-2/h15,17H,6-14H2,1-5H3,(H2,22,23,25). The van der Waals surface area contributed by atoms with E-state index in [4.69, 9.17) is 9.73 Å². The minimum Gasteiger partial charge on any atom is -0.462 e. The van der Waals surface area contributed by atoms with Crippen molar-refractivity contribution in [2.45, 2.75) is 72.4 Å². The van der Waals surface area contributed by atoms with E-state index < -0.39 is 0 Å². The number of thiazole rings is 1. The van der Waals surface area contributed by atoms with Gasteiger partial charge in [0.1, 0.15) is 9.88 Å². The average molecular weight is 424 g/mol. The van der Waals surface area contributed by atoms with Gasteiger partial charge in [0.2, 0.25) is 0 Å². The monoisotopic (exact) mass is 423 g/mol. The van der Waals surface area contributed by atoms with E-state index in [0.29, 0.717) is 17.5 Å². The summed E-state index contributed by atoms with van der Waals surface area (Å²) in [7, 11) is 0. The zero-order chi connectivity index (χ0) is 21.2. The number of piperidine rings is 1. The summed E-state index contributed by atoms with van der Waals surface area (Å²) >= 11 is 1.39. The number of ether oxygens (including phenoxy) is 1. The molecule has 2 rings (SSSR count). The second kappa shape index (κ2) is 12.1. The lowest BCUT2D eigenvalue weighted by molar-refractivity contribution is 0.0531. The molecule has 0 spiro atoms. The van der Waals surface area contributed by atoms with Gasteiger partial charge in [-0.25, -0.2) is 9.78 Å². The largest absolute Gasteiger partial charge is 0.462 e. The van der Waals surface area contributed by atoms with E-state index in [0.717, 1.165) is 42.7 Å². The number of guanidine groups is 1. The second-order valence-corrected chi connectivity index (χ2v) is 8.58. The van der Waals surface area contributed by atoms with E-state index in [-0.39, 0.29) is 12.0 Å². The fraction of sp³-hybridized carbons (Fsp3) is 0.762. The maximum atomic E-state index is 12.0. The molecule has 1 fully saturated rings. The Bertz CT molecular complexity index is 676. The normalized spacial score (nSPS) is 19.1. The first-order valence-corrected chi connectivity index (χ1v) is 11.7. The van der Waals surface area contributed by atoms with Crippen LogP contribution in [0.4, 0.5) is 0 Å². The molecule has 0 amide bonds. The molecular weight excluding hydrogens is 386 g/mol. The van der Waals surface area contributed by atoms with Crippen LogP contribution in [0.3, 0.4) is 0 Å². The topological polar surface area (TPSA) is 78.9 Å². The Morgan fingerprint density at radius 2 is 2.21 bits per heavy atom. The minimum atomic E-state index is -0.298. The number of likely N-dealkylation sites (tertiary alicyclic amines) is 1. The van der Waals surface area contributed by atoms with Gasteiger partial charge in [-0.3, -0.25) is 4.99 Å². The van der Waals surface area contributed by atoms with Crippen molar-refractivity contribution in [3.8, 4) is 0 Å². The molecular formula is C21H37N5O2S. The molecule has 2 atom stereocenters. The molecule has 164 valence electrons. The van der Waals surface area contributed by atoms with Gasteiger partial charge in [-0.15, -0.1) is 11.3 Å². The van der Waals surface area contributed by atoms with Gasteiger partial charge in [0.05, 0.1) is 18.3 Å². The third-order valence-electron chi connectivity index (χ3n) is 5.16. The van der Waals surface area contributed by atoms with Gasteiger partial charge in [-0.1, -0.05) is 6.42 Å². The number of nitrogens with one attached hydrogen (secondary N) is 2. The zero-order valence-corrected chi connectivity index (χ0v) is 19.4. The number of hydrogen-bond acceptors (Lipinski definition) is 6. The molecule has 0 bridgehead atoms. The van der Waals surface area contributed by atoms with E-state index in [9.17, 15) is 4.79 Å². The first kappa shape index (κ1) is 23.6. The van der Waals surface area contributed by atoms with Crippen molar-refractivity contribution in [2.24, 2.45) is 4.99 Å². The van der Waals surface area contributed by atoms with Crippen LogP contribution in [-0.2, 0) is 4.74 Å². The number of esters is 1. The first-order chi connectivity index (χ1) is 14.0. The minimum absolute atomic E-state index is 0.0400. The molecule has 2 N–H and O–H groups in total. The number of aryl methyl sites for hydroxylation is 1. The van der Waals surface area contributed by atoms with Gasteiger partial charge in [0.25, 0.3) is 0 Å². The maximum Gasteiger partial charge on any atom is 0.350 e. The second-order valence-electron chi connectivity index (χ2n) is 7.55. The Morgan fingerprint density at radius 1 is 1.41 bits per heavy atom. The van der Waals surface area contributed by atoms with E-state index in [1.165, 1.54) is 37.1 Å². The third-order valence-corrected chi connectivity index (χ3v) is 6.48. The zero-order valence-electron chi connectivity index (χ0n) is 18.6. The quantitative estimate of drug-likeness (QED) is 0.274.